The first-order valence-corrected chi connectivity index (χ1v) is 7.94. The Morgan fingerprint density at radius 1 is 1.42 bits per heavy atom. The first kappa shape index (κ1) is 16.0. The van der Waals surface area contributed by atoms with Crippen molar-refractivity contribution in [2.75, 3.05) is 12.3 Å². The quantitative estimate of drug-likeness (QED) is 0.434. The van der Waals surface area contributed by atoms with E-state index in [2.05, 4.69) is 21.2 Å². The number of nitrogens with zero attached hydrogens (tertiary/aromatic N) is 1. The second-order valence-electron chi connectivity index (χ2n) is 3.93. The molecular weight excluding hydrogens is 338 g/mol. The largest absolute Gasteiger partial charge is 0.312 e. The number of nitrogens with one attached hydrogen (secondary N) is 1. The van der Waals surface area contributed by atoms with E-state index < -0.39 is 14.9 Å². The van der Waals surface area contributed by atoms with Crippen LogP contribution in [0.3, 0.4) is 0 Å². The van der Waals surface area contributed by atoms with Crippen molar-refractivity contribution in [3.8, 4) is 0 Å². The fraction of sp³-hybridized carbons (Fsp3) is 0.400. The fourth-order valence-electron chi connectivity index (χ4n) is 1.50. The predicted octanol–water partition coefficient (Wildman–Crippen LogP) is 1.13. The Labute approximate surface area is 119 Å². The summed E-state index contributed by atoms with van der Waals surface area (Å²) < 4.78 is 22.2. The van der Waals surface area contributed by atoms with Gasteiger partial charge in [-0.1, -0.05) is 15.9 Å². The Balaban J connectivity index is 2.53. The van der Waals surface area contributed by atoms with Crippen molar-refractivity contribution in [3.05, 3.63) is 38.3 Å². The topological polar surface area (TPSA) is 115 Å². The second kappa shape index (κ2) is 6.94. The molecule has 0 aromatic heterocycles. The standard InChI is InChI=1S/C10H14BrN3O4S/c11-9-2-3-10(14(15)16)8(6-9)7-13-4-1-5-19(12,17)18/h2-3,6,13H,1,4-5,7H2,(H2,12,17,18). The molecule has 0 atom stereocenters. The Morgan fingerprint density at radius 2 is 2.11 bits per heavy atom. The van der Waals surface area contributed by atoms with Crippen LogP contribution < -0.4 is 10.5 Å². The molecule has 1 aromatic rings. The highest BCUT2D eigenvalue weighted by Crippen LogP contribution is 2.22. The van der Waals surface area contributed by atoms with Gasteiger partial charge in [-0.3, -0.25) is 10.1 Å². The van der Waals surface area contributed by atoms with Gasteiger partial charge in [-0.15, -0.1) is 0 Å². The molecule has 0 aliphatic heterocycles. The molecule has 1 aromatic carbocycles. The van der Waals surface area contributed by atoms with Gasteiger partial charge < -0.3 is 5.32 Å². The summed E-state index contributed by atoms with van der Waals surface area (Å²) in [6, 6.07) is 4.68. The highest BCUT2D eigenvalue weighted by atomic mass is 79.9. The highest BCUT2D eigenvalue weighted by Gasteiger charge is 2.13. The van der Waals surface area contributed by atoms with Crippen LogP contribution in [0.4, 0.5) is 5.69 Å². The zero-order valence-corrected chi connectivity index (χ0v) is 12.4. The Morgan fingerprint density at radius 3 is 2.68 bits per heavy atom. The molecule has 0 unspecified atom stereocenters. The molecular formula is C10H14BrN3O4S. The lowest BCUT2D eigenvalue weighted by Gasteiger charge is -2.06. The molecule has 0 bridgehead atoms. The number of primary sulfonamides is 1. The minimum Gasteiger partial charge on any atom is -0.312 e. The van der Waals surface area contributed by atoms with Gasteiger partial charge in [0.05, 0.1) is 10.7 Å². The maximum atomic E-state index is 10.8. The molecule has 0 aliphatic carbocycles. The number of nitro groups is 1. The van der Waals surface area contributed by atoms with Crippen molar-refractivity contribution < 1.29 is 13.3 Å². The van der Waals surface area contributed by atoms with E-state index in [1.165, 1.54) is 6.07 Å². The summed E-state index contributed by atoms with van der Waals surface area (Å²) in [6.45, 7) is 0.709. The Hall–Kier alpha value is -1.03. The van der Waals surface area contributed by atoms with Crippen LogP contribution in [0.5, 0.6) is 0 Å². The van der Waals surface area contributed by atoms with Crippen molar-refractivity contribution in [1.82, 2.24) is 5.32 Å². The summed E-state index contributed by atoms with van der Waals surface area (Å²) in [5, 5.41) is 18.6. The SMILES string of the molecule is NS(=O)(=O)CCCNCc1cc(Br)ccc1[N+](=O)[O-]. The van der Waals surface area contributed by atoms with Crippen LogP contribution in [0.1, 0.15) is 12.0 Å². The van der Waals surface area contributed by atoms with E-state index in [1.807, 2.05) is 0 Å². The van der Waals surface area contributed by atoms with Crippen LogP contribution in [-0.4, -0.2) is 25.6 Å². The molecule has 0 radical (unpaired) electrons. The van der Waals surface area contributed by atoms with Gasteiger partial charge in [-0.25, -0.2) is 13.6 Å². The average molecular weight is 352 g/mol. The molecule has 7 nitrogen and oxygen atoms in total. The van der Waals surface area contributed by atoms with Gasteiger partial charge in [0.2, 0.25) is 10.0 Å². The average Bonchev–Trinajstić information content (AvgIpc) is 2.26. The van der Waals surface area contributed by atoms with Crippen molar-refractivity contribution in [2.45, 2.75) is 13.0 Å². The van der Waals surface area contributed by atoms with Gasteiger partial charge >= 0.3 is 0 Å². The molecule has 0 spiro atoms. The van der Waals surface area contributed by atoms with E-state index in [0.717, 1.165) is 4.47 Å². The number of benzene rings is 1. The number of nitrogens with two attached hydrogens (primary N) is 1. The maximum absolute atomic E-state index is 10.8. The van der Waals surface area contributed by atoms with Crippen LogP contribution in [-0.2, 0) is 16.6 Å². The van der Waals surface area contributed by atoms with Crippen molar-refractivity contribution in [3.63, 3.8) is 0 Å². The Bertz CT molecular complexity index is 562. The van der Waals surface area contributed by atoms with E-state index in [1.54, 1.807) is 12.1 Å². The van der Waals surface area contributed by atoms with E-state index in [4.69, 9.17) is 5.14 Å². The molecule has 3 N–H and O–H groups in total. The second-order valence-corrected chi connectivity index (χ2v) is 6.58. The van der Waals surface area contributed by atoms with Gasteiger partial charge in [0.1, 0.15) is 0 Å². The predicted molar refractivity (Wildman–Crippen MR) is 75.1 cm³/mol. The van der Waals surface area contributed by atoms with Crippen molar-refractivity contribution >= 4 is 31.6 Å². The molecule has 19 heavy (non-hydrogen) atoms. The number of halogens is 1. The number of sulfonamides is 1. The molecule has 106 valence electrons. The third-order valence-electron chi connectivity index (χ3n) is 2.34. The van der Waals surface area contributed by atoms with Crippen LogP contribution >= 0.6 is 15.9 Å². The molecule has 0 amide bonds. The zero-order chi connectivity index (χ0) is 14.5. The summed E-state index contributed by atoms with van der Waals surface area (Å²) >= 11 is 3.25. The maximum Gasteiger partial charge on any atom is 0.273 e. The van der Waals surface area contributed by atoms with Crippen LogP contribution in [0.25, 0.3) is 0 Å². The monoisotopic (exact) mass is 351 g/mol. The van der Waals surface area contributed by atoms with Crippen LogP contribution in [0.2, 0.25) is 0 Å². The van der Waals surface area contributed by atoms with Gasteiger partial charge in [-0.05, 0) is 25.1 Å². The molecule has 0 saturated heterocycles. The molecule has 0 aliphatic rings. The number of hydrogen-bond donors (Lipinski definition) is 2. The summed E-state index contributed by atoms with van der Waals surface area (Å²) in [6.07, 6.45) is 0.362. The first-order chi connectivity index (χ1) is 8.79. The minimum atomic E-state index is -3.45. The zero-order valence-electron chi connectivity index (χ0n) is 10.0. The van der Waals surface area contributed by atoms with Gasteiger partial charge in [0.15, 0.2) is 0 Å². The van der Waals surface area contributed by atoms with E-state index in [-0.39, 0.29) is 11.4 Å². The van der Waals surface area contributed by atoms with E-state index >= 15 is 0 Å². The molecule has 0 saturated carbocycles. The normalized spacial score (nSPS) is 11.5. The van der Waals surface area contributed by atoms with Crippen molar-refractivity contribution in [1.29, 1.82) is 0 Å². The van der Waals surface area contributed by atoms with E-state index in [0.29, 0.717) is 25.1 Å². The lowest BCUT2D eigenvalue weighted by molar-refractivity contribution is -0.385. The lowest BCUT2D eigenvalue weighted by atomic mass is 10.2. The Kier molecular flexibility index (Phi) is 5.85. The highest BCUT2D eigenvalue weighted by molar-refractivity contribution is 9.10. The summed E-state index contributed by atoms with van der Waals surface area (Å²) in [5.74, 6) is -0.111. The fourth-order valence-corrected chi connectivity index (χ4v) is 2.45. The minimum absolute atomic E-state index is 0.0298. The summed E-state index contributed by atoms with van der Waals surface area (Å²) in [5.41, 5.74) is 0.567. The van der Waals surface area contributed by atoms with Crippen LogP contribution in [0, 0.1) is 10.1 Å². The lowest BCUT2D eigenvalue weighted by Crippen LogP contribution is -2.22. The molecule has 9 heteroatoms. The molecule has 0 fully saturated rings. The van der Waals surface area contributed by atoms with Gasteiger partial charge in [0.25, 0.3) is 5.69 Å². The van der Waals surface area contributed by atoms with E-state index in [9.17, 15) is 18.5 Å². The van der Waals surface area contributed by atoms with Gasteiger partial charge in [-0.2, -0.15) is 0 Å². The number of rotatable bonds is 7. The first-order valence-electron chi connectivity index (χ1n) is 5.43. The number of hydrogen-bond acceptors (Lipinski definition) is 5. The number of nitro benzene ring substituents is 1. The summed E-state index contributed by atoms with van der Waals surface area (Å²) in [7, 11) is -3.45. The third kappa shape index (κ3) is 6.10. The van der Waals surface area contributed by atoms with Crippen molar-refractivity contribution in [2.24, 2.45) is 5.14 Å². The van der Waals surface area contributed by atoms with Crippen LogP contribution in [0.15, 0.2) is 22.7 Å². The summed E-state index contributed by atoms with van der Waals surface area (Å²) in [4.78, 5) is 10.4. The van der Waals surface area contributed by atoms with Gasteiger partial charge in [0, 0.05) is 22.6 Å². The smallest absolute Gasteiger partial charge is 0.273 e. The molecule has 1 rings (SSSR count). The third-order valence-corrected chi connectivity index (χ3v) is 3.69. The molecule has 0 heterocycles.